The lowest BCUT2D eigenvalue weighted by Gasteiger charge is -2.13. The molecular weight excluding hydrogens is 315 g/mol. The molecule has 0 aliphatic carbocycles. The van der Waals surface area contributed by atoms with Gasteiger partial charge >= 0.3 is 5.51 Å². The van der Waals surface area contributed by atoms with Gasteiger partial charge in [0.15, 0.2) is 9.73 Å². The third kappa shape index (κ3) is 3.19. The van der Waals surface area contributed by atoms with E-state index in [1.54, 1.807) is 13.0 Å². The first-order valence-corrected chi connectivity index (χ1v) is 7.75. The molecule has 0 fully saturated rings. The zero-order chi connectivity index (χ0) is 16.4. The Labute approximate surface area is 126 Å². The van der Waals surface area contributed by atoms with Crippen LogP contribution >= 0.6 is 0 Å². The number of rotatable bonds is 2. The molecule has 22 heavy (non-hydrogen) atoms. The molecule has 0 radical (unpaired) electrons. The summed E-state index contributed by atoms with van der Waals surface area (Å²) in [5.74, 6) is -1.16. The van der Waals surface area contributed by atoms with Gasteiger partial charge in [-0.2, -0.15) is 13.2 Å². The second-order valence-electron chi connectivity index (χ2n) is 4.55. The number of halogens is 3. The molecule has 0 spiro atoms. The molecule has 0 heterocycles. The standard InChI is InChI=1S/C15H12F3NO2S/c1-11-7-9-13(10-8-11)22(21,15(16,17)18)19-14(20)12-5-3-2-4-6-12/h2-10H,1H3. The number of hydrogen-bond acceptors (Lipinski definition) is 2. The van der Waals surface area contributed by atoms with Gasteiger partial charge in [0, 0.05) is 5.56 Å². The molecule has 116 valence electrons. The maximum Gasteiger partial charge on any atom is 0.484 e. The van der Waals surface area contributed by atoms with Crippen LogP contribution in [0.25, 0.3) is 0 Å². The van der Waals surface area contributed by atoms with Crippen molar-refractivity contribution in [2.24, 2.45) is 4.36 Å². The van der Waals surface area contributed by atoms with Gasteiger partial charge in [0.1, 0.15) is 0 Å². The molecule has 0 saturated carbocycles. The molecule has 0 aromatic heterocycles. The van der Waals surface area contributed by atoms with Crippen molar-refractivity contribution >= 4 is 15.6 Å². The number of alkyl halides is 3. The third-order valence-electron chi connectivity index (χ3n) is 2.89. The summed E-state index contributed by atoms with van der Waals surface area (Å²) < 4.78 is 55.1. The van der Waals surface area contributed by atoms with E-state index < -0.39 is 26.0 Å². The van der Waals surface area contributed by atoms with E-state index in [1.807, 2.05) is 0 Å². The Morgan fingerprint density at radius 3 is 2.05 bits per heavy atom. The first-order chi connectivity index (χ1) is 10.2. The van der Waals surface area contributed by atoms with Crippen molar-refractivity contribution in [2.45, 2.75) is 17.3 Å². The van der Waals surface area contributed by atoms with Crippen molar-refractivity contribution in [3.63, 3.8) is 0 Å². The number of carbonyl (C=O) groups is 1. The van der Waals surface area contributed by atoms with Crippen LogP contribution in [0.15, 0.2) is 63.9 Å². The van der Waals surface area contributed by atoms with Crippen molar-refractivity contribution in [2.75, 3.05) is 0 Å². The molecule has 1 unspecified atom stereocenters. The van der Waals surface area contributed by atoms with Crippen molar-refractivity contribution < 1.29 is 22.2 Å². The van der Waals surface area contributed by atoms with Gasteiger partial charge in [0.2, 0.25) is 0 Å². The van der Waals surface area contributed by atoms with E-state index in [0.29, 0.717) is 5.56 Å². The Morgan fingerprint density at radius 2 is 1.55 bits per heavy atom. The molecular formula is C15H12F3NO2S. The fraction of sp³-hybridized carbons (Fsp3) is 0.133. The summed E-state index contributed by atoms with van der Waals surface area (Å²) in [6, 6.07) is 12.2. The van der Waals surface area contributed by atoms with Gasteiger partial charge in [-0.25, -0.2) is 4.21 Å². The van der Waals surface area contributed by atoms with Gasteiger partial charge in [-0.05, 0) is 31.2 Å². The molecule has 2 aromatic carbocycles. The Bertz CT molecular complexity index is 790. The highest BCUT2D eigenvalue weighted by Crippen LogP contribution is 2.33. The number of carbonyl (C=O) groups excluding carboxylic acids is 1. The predicted octanol–water partition coefficient (Wildman–Crippen LogP) is 4.18. The fourth-order valence-corrected chi connectivity index (χ4v) is 3.03. The van der Waals surface area contributed by atoms with Crippen LogP contribution in [0.2, 0.25) is 0 Å². The van der Waals surface area contributed by atoms with E-state index in [1.165, 1.54) is 36.4 Å². The first kappa shape index (κ1) is 16.2. The van der Waals surface area contributed by atoms with Crippen LogP contribution in [0, 0.1) is 6.92 Å². The number of hydrogen-bond donors (Lipinski definition) is 0. The van der Waals surface area contributed by atoms with E-state index >= 15 is 0 Å². The minimum atomic E-state index is -5.15. The highest BCUT2D eigenvalue weighted by atomic mass is 32.2. The molecule has 3 nitrogen and oxygen atoms in total. The number of benzene rings is 2. The van der Waals surface area contributed by atoms with Crippen LogP contribution in [-0.2, 0) is 9.73 Å². The molecule has 0 bridgehead atoms. The van der Waals surface area contributed by atoms with Gasteiger partial charge in [0.25, 0.3) is 5.91 Å². The SMILES string of the molecule is Cc1ccc(S(=O)(=NC(=O)c2ccccc2)C(F)(F)F)cc1. The molecule has 2 rings (SSSR count). The maximum absolute atomic E-state index is 13.2. The van der Waals surface area contributed by atoms with Crippen LogP contribution in [0.1, 0.15) is 15.9 Å². The smallest absolute Gasteiger partial charge is 0.266 e. The summed E-state index contributed by atoms with van der Waals surface area (Å²) in [4.78, 5) is 11.4. The van der Waals surface area contributed by atoms with Gasteiger partial charge < -0.3 is 0 Å². The normalized spacial score (nSPS) is 14.2. The van der Waals surface area contributed by atoms with Crippen molar-refractivity contribution in [3.05, 3.63) is 65.7 Å². The predicted molar refractivity (Wildman–Crippen MR) is 76.8 cm³/mol. The van der Waals surface area contributed by atoms with Crippen molar-refractivity contribution in [3.8, 4) is 0 Å². The lowest BCUT2D eigenvalue weighted by molar-refractivity contribution is -0.0403. The second-order valence-corrected chi connectivity index (χ2v) is 6.72. The lowest BCUT2D eigenvalue weighted by Crippen LogP contribution is -2.24. The molecule has 0 saturated heterocycles. The molecule has 0 aliphatic rings. The van der Waals surface area contributed by atoms with Gasteiger partial charge in [-0.3, -0.25) is 4.79 Å². The topological polar surface area (TPSA) is 46.5 Å². The highest BCUT2D eigenvalue weighted by molar-refractivity contribution is 7.94. The average molecular weight is 327 g/mol. The van der Waals surface area contributed by atoms with Gasteiger partial charge in [0.05, 0.1) is 4.90 Å². The third-order valence-corrected chi connectivity index (χ3v) is 4.85. The minimum absolute atomic E-state index is 0.0495. The molecule has 1 atom stereocenters. The summed E-state index contributed by atoms with van der Waals surface area (Å²) in [6.45, 7) is 1.69. The largest absolute Gasteiger partial charge is 0.484 e. The van der Waals surface area contributed by atoms with E-state index in [-0.39, 0.29) is 5.56 Å². The van der Waals surface area contributed by atoms with Crippen LogP contribution in [0.5, 0.6) is 0 Å². The van der Waals surface area contributed by atoms with Crippen LogP contribution in [0.4, 0.5) is 13.2 Å². The number of amides is 1. The fourth-order valence-electron chi connectivity index (χ4n) is 1.71. The summed E-state index contributed by atoms with van der Waals surface area (Å²) in [5.41, 5.74) is -4.49. The molecule has 0 aliphatic heterocycles. The summed E-state index contributed by atoms with van der Waals surface area (Å²) in [7, 11) is -4.87. The van der Waals surface area contributed by atoms with E-state index in [2.05, 4.69) is 4.36 Å². The Balaban J connectivity index is 2.61. The summed E-state index contributed by atoms with van der Waals surface area (Å²) >= 11 is 0. The van der Waals surface area contributed by atoms with E-state index in [9.17, 15) is 22.2 Å². The van der Waals surface area contributed by atoms with Crippen molar-refractivity contribution in [1.82, 2.24) is 0 Å². The van der Waals surface area contributed by atoms with E-state index in [4.69, 9.17) is 0 Å². The molecule has 7 heteroatoms. The zero-order valence-electron chi connectivity index (χ0n) is 11.5. The number of nitrogens with zero attached hydrogens (tertiary/aromatic N) is 1. The Morgan fingerprint density at radius 1 is 1.00 bits per heavy atom. The zero-order valence-corrected chi connectivity index (χ0v) is 12.3. The summed E-state index contributed by atoms with van der Waals surface area (Å²) in [5, 5.41) is 0. The van der Waals surface area contributed by atoms with Crippen LogP contribution in [-0.4, -0.2) is 15.6 Å². The molecule has 0 N–H and O–H groups in total. The average Bonchev–Trinajstić information content (AvgIpc) is 2.47. The first-order valence-electron chi connectivity index (χ1n) is 6.23. The monoisotopic (exact) mass is 327 g/mol. The van der Waals surface area contributed by atoms with Crippen LogP contribution in [0.3, 0.4) is 0 Å². The Kier molecular flexibility index (Phi) is 4.37. The quantitative estimate of drug-likeness (QED) is 0.830. The van der Waals surface area contributed by atoms with E-state index in [0.717, 1.165) is 12.1 Å². The van der Waals surface area contributed by atoms with Crippen LogP contribution < -0.4 is 0 Å². The molecule has 1 amide bonds. The van der Waals surface area contributed by atoms with Gasteiger partial charge in [-0.15, -0.1) is 4.36 Å². The Hall–Kier alpha value is -2.15. The minimum Gasteiger partial charge on any atom is -0.266 e. The molecule has 2 aromatic rings. The second kappa shape index (κ2) is 5.92. The van der Waals surface area contributed by atoms with Gasteiger partial charge in [-0.1, -0.05) is 35.9 Å². The summed E-state index contributed by atoms with van der Waals surface area (Å²) in [6.07, 6.45) is 0. The maximum atomic E-state index is 13.2. The van der Waals surface area contributed by atoms with Crippen molar-refractivity contribution in [1.29, 1.82) is 0 Å². The lowest BCUT2D eigenvalue weighted by atomic mass is 10.2. The number of aryl methyl sites for hydroxylation is 1. The highest BCUT2D eigenvalue weighted by Gasteiger charge is 2.45.